The van der Waals surface area contributed by atoms with Crippen LogP contribution in [0.15, 0.2) is 111 Å². The first-order valence-electron chi connectivity index (χ1n) is 12.6. The number of aromatic nitrogens is 1. The number of methoxy groups -OCH3 is 1. The number of H-pyrrole nitrogens is 1. The third kappa shape index (κ3) is 4.83. The van der Waals surface area contributed by atoms with E-state index < -0.39 is 6.04 Å². The Morgan fingerprint density at radius 1 is 0.975 bits per heavy atom. The summed E-state index contributed by atoms with van der Waals surface area (Å²) in [6.07, 6.45) is 0.355. The highest BCUT2D eigenvalue weighted by molar-refractivity contribution is 9.10. The number of ether oxygens (including phenoxy) is 1. The first kappa shape index (κ1) is 26.0. The van der Waals surface area contributed by atoms with E-state index in [2.05, 4.69) is 20.9 Å². The molecule has 40 heavy (non-hydrogen) atoms. The summed E-state index contributed by atoms with van der Waals surface area (Å²) in [5, 5.41) is 7.72. The maximum Gasteiger partial charge on any atom is 0.274 e. The van der Waals surface area contributed by atoms with Gasteiger partial charge in [0.15, 0.2) is 0 Å². The summed E-state index contributed by atoms with van der Waals surface area (Å²) in [7, 11) is 1.61. The van der Waals surface area contributed by atoms with E-state index in [4.69, 9.17) is 21.4 Å². The highest BCUT2D eigenvalue weighted by Gasteiger charge is 2.36. The molecule has 2 heterocycles. The van der Waals surface area contributed by atoms with E-state index in [1.807, 2.05) is 72.8 Å². The van der Waals surface area contributed by atoms with Crippen molar-refractivity contribution in [2.75, 3.05) is 7.11 Å². The van der Waals surface area contributed by atoms with Crippen LogP contribution >= 0.6 is 27.5 Å². The maximum atomic E-state index is 13.8. The lowest BCUT2D eigenvalue weighted by molar-refractivity contribution is 0.0711. The predicted octanol–water partition coefficient (Wildman–Crippen LogP) is 7.61. The van der Waals surface area contributed by atoms with Gasteiger partial charge in [0.25, 0.3) is 11.5 Å². The summed E-state index contributed by atoms with van der Waals surface area (Å²) >= 11 is 9.66. The number of rotatable bonds is 5. The van der Waals surface area contributed by atoms with Gasteiger partial charge < -0.3 is 9.72 Å². The minimum absolute atomic E-state index is 0.262. The van der Waals surface area contributed by atoms with E-state index >= 15 is 0 Å². The predicted molar refractivity (Wildman–Crippen MR) is 162 cm³/mol. The van der Waals surface area contributed by atoms with Gasteiger partial charge in [0, 0.05) is 37.9 Å². The van der Waals surface area contributed by atoms with Crippen LogP contribution in [0.1, 0.15) is 33.9 Å². The lowest BCUT2D eigenvalue weighted by Crippen LogP contribution is -2.27. The summed E-state index contributed by atoms with van der Waals surface area (Å²) < 4.78 is 6.23. The van der Waals surface area contributed by atoms with Crippen LogP contribution in [0.5, 0.6) is 5.75 Å². The molecule has 1 atom stereocenters. The van der Waals surface area contributed by atoms with Gasteiger partial charge in [-0.3, -0.25) is 9.59 Å². The number of nitrogens with one attached hydrogen (secondary N) is 1. The van der Waals surface area contributed by atoms with Gasteiger partial charge in [-0.2, -0.15) is 5.10 Å². The zero-order valence-corrected chi connectivity index (χ0v) is 23.7. The van der Waals surface area contributed by atoms with E-state index in [0.29, 0.717) is 34.0 Å². The Balaban J connectivity index is 1.55. The standard InChI is InChI=1S/C32H23BrClN3O3/c1-40-24-14-9-19(10-15-24)28-18-27(36-37(28)32(39)21-7-12-23(34)13-8-21)30-29(20-5-3-2-4-6-20)25-17-22(33)11-16-26(25)35-31(30)38/h2-17,28H,18H2,1H3,(H,35,38)/t28-/m0/s1. The Kier molecular flexibility index (Phi) is 7.00. The number of pyridine rings is 1. The van der Waals surface area contributed by atoms with Gasteiger partial charge >= 0.3 is 0 Å². The third-order valence-electron chi connectivity index (χ3n) is 7.04. The molecular weight excluding hydrogens is 590 g/mol. The Hall–Kier alpha value is -4.20. The number of nitrogens with zero attached hydrogens (tertiary/aromatic N) is 2. The first-order valence-corrected chi connectivity index (χ1v) is 13.8. The molecule has 0 saturated carbocycles. The number of carbonyl (C=O) groups is 1. The fourth-order valence-corrected chi connectivity index (χ4v) is 5.59. The van der Waals surface area contributed by atoms with Crippen LogP contribution in [0.3, 0.4) is 0 Å². The highest BCUT2D eigenvalue weighted by atomic mass is 79.9. The van der Waals surface area contributed by atoms with Gasteiger partial charge in [0.2, 0.25) is 0 Å². The van der Waals surface area contributed by atoms with E-state index in [-0.39, 0.29) is 11.5 Å². The lowest BCUT2D eigenvalue weighted by Gasteiger charge is -2.22. The fraction of sp³-hybridized carbons (Fsp3) is 0.0938. The molecule has 1 N–H and O–H groups in total. The van der Waals surface area contributed by atoms with Gasteiger partial charge in [0.05, 0.1) is 24.4 Å². The van der Waals surface area contributed by atoms with Gasteiger partial charge in [-0.15, -0.1) is 0 Å². The van der Waals surface area contributed by atoms with Gasteiger partial charge in [-0.25, -0.2) is 5.01 Å². The topological polar surface area (TPSA) is 74.8 Å². The minimum atomic E-state index is -0.426. The molecule has 0 radical (unpaired) electrons. The average molecular weight is 613 g/mol. The molecule has 5 aromatic rings. The molecule has 4 aromatic carbocycles. The second-order valence-corrected chi connectivity index (χ2v) is 10.8. The average Bonchev–Trinajstić information content (AvgIpc) is 3.42. The molecule has 0 unspecified atom stereocenters. The summed E-state index contributed by atoms with van der Waals surface area (Å²) in [4.78, 5) is 30.6. The largest absolute Gasteiger partial charge is 0.497 e. The number of halogens is 2. The number of fused-ring (bicyclic) bond motifs is 1. The highest BCUT2D eigenvalue weighted by Crippen LogP contribution is 2.38. The smallest absolute Gasteiger partial charge is 0.274 e. The number of benzene rings is 4. The summed E-state index contributed by atoms with van der Waals surface area (Å²) in [6.45, 7) is 0. The molecule has 0 bridgehead atoms. The molecule has 0 saturated heterocycles. The molecular formula is C32H23BrClN3O3. The molecule has 1 aromatic heterocycles. The fourth-order valence-electron chi connectivity index (χ4n) is 5.10. The summed E-state index contributed by atoms with van der Waals surface area (Å²) in [5.41, 5.74) is 4.42. The van der Waals surface area contributed by atoms with Crippen molar-refractivity contribution in [1.29, 1.82) is 0 Å². The second kappa shape index (κ2) is 10.8. The van der Waals surface area contributed by atoms with E-state index in [0.717, 1.165) is 32.1 Å². The van der Waals surface area contributed by atoms with Crippen molar-refractivity contribution in [2.24, 2.45) is 5.10 Å². The van der Waals surface area contributed by atoms with E-state index in [1.54, 1.807) is 31.4 Å². The zero-order chi connectivity index (χ0) is 27.8. The van der Waals surface area contributed by atoms with Crippen molar-refractivity contribution in [2.45, 2.75) is 12.5 Å². The van der Waals surface area contributed by atoms with Crippen LogP contribution in [-0.4, -0.2) is 28.7 Å². The van der Waals surface area contributed by atoms with Gasteiger partial charge in [-0.05, 0) is 65.7 Å². The van der Waals surface area contributed by atoms with Gasteiger partial charge in [-0.1, -0.05) is 70.0 Å². The molecule has 8 heteroatoms. The summed E-state index contributed by atoms with van der Waals surface area (Å²) in [5.74, 6) is 0.426. The molecule has 1 amide bonds. The first-order chi connectivity index (χ1) is 19.4. The SMILES string of the molecule is COc1ccc([C@@H]2CC(c3c(-c4ccccc4)c4cc(Br)ccc4[nH]c3=O)=NN2C(=O)c2ccc(Cl)cc2)cc1. The quantitative estimate of drug-likeness (QED) is 0.222. The molecule has 6 nitrogen and oxygen atoms in total. The van der Waals surface area contributed by atoms with Gasteiger partial charge in [0.1, 0.15) is 5.75 Å². The number of aromatic amines is 1. The summed E-state index contributed by atoms with van der Waals surface area (Å²) in [6, 6.07) is 29.4. The monoisotopic (exact) mass is 611 g/mol. The Morgan fingerprint density at radius 2 is 1.70 bits per heavy atom. The van der Waals surface area contributed by atoms with Crippen LogP contribution < -0.4 is 10.3 Å². The second-order valence-electron chi connectivity index (χ2n) is 9.46. The molecule has 1 aliphatic rings. The Labute approximate surface area is 244 Å². The van der Waals surface area contributed by atoms with Crippen LogP contribution in [0.25, 0.3) is 22.0 Å². The maximum absolute atomic E-state index is 13.8. The van der Waals surface area contributed by atoms with Crippen molar-refractivity contribution in [3.8, 4) is 16.9 Å². The van der Waals surface area contributed by atoms with Crippen LogP contribution in [0, 0.1) is 0 Å². The molecule has 0 aliphatic carbocycles. The lowest BCUT2D eigenvalue weighted by atomic mass is 9.91. The van der Waals surface area contributed by atoms with E-state index in [1.165, 1.54) is 5.01 Å². The van der Waals surface area contributed by atoms with Crippen molar-refractivity contribution in [3.63, 3.8) is 0 Å². The van der Waals surface area contributed by atoms with Crippen LogP contribution in [0.2, 0.25) is 5.02 Å². The number of hydrogen-bond donors (Lipinski definition) is 1. The Bertz CT molecular complexity index is 1820. The molecule has 6 rings (SSSR count). The molecule has 198 valence electrons. The van der Waals surface area contributed by atoms with Crippen molar-refractivity contribution in [1.82, 2.24) is 9.99 Å². The third-order valence-corrected chi connectivity index (χ3v) is 7.78. The number of carbonyl (C=O) groups excluding carboxylic acids is 1. The zero-order valence-electron chi connectivity index (χ0n) is 21.4. The van der Waals surface area contributed by atoms with Crippen molar-refractivity contribution in [3.05, 3.63) is 134 Å². The normalized spacial score (nSPS) is 14.8. The molecule has 0 fully saturated rings. The van der Waals surface area contributed by atoms with E-state index in [9.17, 15) is 9.59 Å². The van der Waals surface area contributed by atoms with Crippen molar-refractivity contribution < 1.29 is 9.53 Å². The molecule has 1 aliphatic heterocycles. The number of amides is 1. The molecule has 0 spiro atoms. The van der Waals surface area contributed by atoms with Crippen LogP contribution in [-0.2, 0) is 0 Å². The van der Waals surface area contributed by atoms with Crippen LogP contribution in [0.4, 0.5) is 0 Å². The Morgan fingerprint density at radius 3 is 2.40 bits per heavy atom. The van der Waals surface area contributed by atoms with Crippen molar-refractivity contribution >= 4 is 50.1 Å². The number of hydrogen-bond acceptors (Lipinski definition) is 4. The number of hydrazone groups is 1. The minimum Gasteiger partial charge on any atom is -0.497 e.